The molecule has 22 heavy (non-hydrogen) atoms. The lowest BCUT2D eigenvalue weighted by Crippen LogP contribution is -2.45. The Bertz CT molecular complexity index is 674. The van der Waals surface area contributed by atoms with Crippen LogP contribution in [0.15, 0.2) is 12.4 Å². The summed E-state index contributed by atoms with van der Waals surface area (Å²) in [5.41, 5.74) is 1.18. The summed E-state index contributed by atoms with van der Waals surface area (Å²) in [4.78, 5) is 10.5. The first-order valence-electron chi connectivity index (χ1n) is 6.98. The maximum absolute atomic E-state index is 12.5. The van der Waals surface area contributed by atoms with E-state index in [2.05, 4.69) is 20.2 Å². The van der Waals surface area contributed by atoms with E-state index < -0.39 is 11.2 Å². The summed E-state index contributed by atoms with van der Waals surface area (Å²) in [6.07, 6.45) is 1.73. The van der Waals surface area contributed by atoms with Crippen molar-refractivity contribution in [3.63, 3.8) is 0 Å². The molecule has 116 valence electrons. The molecule has 5 nitrogen and oxygen atoms in total. The Morgan fingerprint density at radius 3 is 2.27 bits per heavy atom. The minimum absolute atomic E-state index is 0.145. The van der Waals surface area contributed by atoms with E-state index >= 15 is 0 Å². The average Bonchev–Trinajstić information content (AvgIpc) is 3.15. The molecule has 0 amide bonds. The predicted octanol–water partition coefficient (Wildman–Crippen LogP) is 2.83. The molecule has 1 aliphatic carbocycles. The van der Waals surface area contributed by atoms with Gasteiger partial charge in [-0.25, -0.2) is 9.97 Å². The van der Waals surface area contributed by atoms with Crippen molar-refractivity contribution in [2.45, 2.75) is 30.9 Å². The van der Waals surface area contributed by atoms with E-state index in [1.165, 1.54) is 18.4 Å². The highest BCUT2D eigenvalue weighted by molar-refractivity contribution is 7.15. The quantitative estimate of drug-likeness (QED) is 0.868. The molecule has 0 radical (unpaired) electrons. The van der Waals surface area contributed by atoms with Gasteiger partial charge in [0.05, 0.1) is 5.92 Å². The summed E-state index contributed by atoms with van der Waals surface area (Å²) in [6.45, 7) is 1.16. The third-order valence-corrected chi connectivity index (χ3v) is 4.94. The molecular formula is C13H12F3N5S. The van der Waals surface area contributed by atoms with Crippen molar-refractivity contribution in [3.8, 4) is 0 Å². The lowest BCUT2D eigenvalue weighted by molar-refractivity contribution is -0.138. The molecule has 0 bridgehead atoms. The maximum atomic E-state index is 12.5. The standard InChI is InChI=1S/C13H12F3N5S/c14-13(15,16)11-19-20-12(22-11)21-5-9(6-21)10-17-3-8(4-18-10)7-1-2-7/h3-4,7,9H,1-2,5-6H2. The monoisotopic (exact) mass is 327 g/mol. The van der Waals surface area contributed by atoms with Crippen molar-refractivity contribution in [1.82, 2.24) is 20.2 Å². The number of aromatic nitrogens is 4. The van der Waals surface area contributed by atoms with Gasteiger partial charge in [-0.05, 0) is 24.3 Å². The molecule has 0 aromatic carbocycles. The summed E-state index contributed by atoms with van der Waals surface area (Å²) < 4.78 is 37.5. The lowest BCUT2D eigenvalue weighted by atomic mass is 10.00. The minimum atomic E-state index is -4.43. The Hall–Kier alpha value is -1.77. The predicted molar refractivity (Wildman–Crippen MR) is 73.9 cm³/mol. The van der Waals surface area contributed by atoms with Crippen LogP contribution in [0.25, 0.3) is 0 Å². The second kappa shape index (κ2) is 4.87. The molecule has 1 aliphatic heterocycles. The van der Waals surface area contributed by atoms with Gasteiger partial charge in [0.15, 0.2) is 0 Å². The van der Waals surface area contributed by atoms with Crippen LogP contribution in [0.3, 0.4) is 0 Å². The highest BCUT2D eigenvalue weighted by atomic mass is 32.1. The molecule has 4 rings (SSSR count). The van der Waals surface area contributed by atoms with Crippen LogP contribution in [-0.2, 0) is 6.18 Å². The molecule has 1 saturated carbocycles. The lowest BCUT2D eigenvalue weighted by Gasteiger charge is -2.37. The van der Waals surface area contributed by atoms with Crippen LogP contribution in [0.1, 0.15) is 41.1 Å². The summed E-state index contributed by atoms with van der Waals surface area (Å²) in [7, 11) is 0. The van der Waals surface area contributed by atoms with E-state index in [-0.39, 0.29) is 5.92 Å². The second-order valence-corrected chi connectivity index (χ2v) is 6.59. The molecule has 0 unspecified atom stereocenters. The van der Waals surface area contributed by atoms with E-state index in [0.29, 0.717) is 35.5 Å². The van der Waals surface area contributed by atoms with Gasteiger partial charge >= 0.3 is 6.18 Å². The summed E-state index contributed by atoms with van der Waals surface area (Å²) in [5, 5.41) is 6.21. The molecule has 9 heteroatoms. The molecule has 2 fully saturated rings. The van der Waals surface area contributed by atoms with E-state index in [9.17, 15) is 13.2 Å². The summed E-state index contributed by atoms with van der Waals surface area (Å²) in [5.74, 6) is 1.52. The van der Waals surface area contributed by atoms with E-state index in [1.807, 2.05) is 12.4 Å². The molecule has 1 saturated heterocycles. The third-order valence-electron chi connectivity index (χ3n) is 3.91. The first kappa shape index (κ1) is 13.9. The molecule has 0 N–H and O–H groups in total. The van der Waals surface area contributed by atoms with Gasteiger partial charge in [-0.3, -0.25) is 0 Å². The van der Waals surface area contributed by atoms with Crippen molar-refractivity contribution >= 4 is 16.5 Å². The molecule has 0 spiro atoms. The minimum Gasteiger partial charge on any atom is -0.345 e. The Labute approximate surface area is 128 Å². The number of anilines is 1. The largest absolute Gasteiger partial charge is 0.445 e. The fraction of sp³-hybridized carbons (Fsp3) is 0.538. The van der Waals surface area contributed by atoms with Crippen molar-refractivity contribution in [2.24, 2.45) is 0 Å². The van der Waals surface area contributed by atoms with Crippen LogP contribution < -0.4 is 4.90 Å². The highest BCUT2D eigenvalue weighted by Crippen LogP contribution is 2.40. The molecule has 2 aromatic heterocycles. The van der Waals surface area contributed by atoms with E-state index in [1.54, 1.807) is 4.90 Å². The summed E-state index contributed by atoms with van der Waals surface area (Å²) in [6, 6.07) is 0. The third kappa shape index (κ3) is 2.53. The van der Waals surface area contributed by atoms with Gasteiger partial charge < -0.3 is 4.90 Å². The van der Waals surface area contributed by atoms with Gasteiger partial charge in [0.25, 0.3) is 0 Å². The van der Waals surface area contributed by atoms with Crippen LogP contribution in [0.5, 0.6) is 0 Å². The number of halogens is 3. The van der Waals surface area contributed by atoms with Gasteiger partial charge in [0.1, 0.15) is 5.82 Å². The van der Waals surface area contributed by atoms with Crippen molar-refractivity contribution in [3.05, 3.63) is 28.8 Å². The van der Waals surface area contributed by atoms with E-state index in [0.717, 1.165) is 5.82 Å². The normalized spacial score (nSPS) is 19.3. The first-order valence-corrected chi connectivity index (χ1v) is 7.80. The molecule has 0 atom stereocenters. The van der Waals surface area contributed by atoms with Crippen LogP contribution in [-0.4, -0.2) is 33.3 Å². The van der Waals surface area contributed by atoms with Gasteiger partial charge in [0.2, 0.25) is 10.1 Å². The molecule has 3 heterocycles. The SMILES string of the molecule is FC(F)(F)c1nnc(N2CC(c3ncc(C4CC4)cn3)C2)s1. The number of nitrogens with zero attached hydrogens (tertiary/aromatic N) is 5. The van der Waals surface area contributed by atoms with Crippen molar-refractivity contribution < 1.29 is 13.2 Å². The van der Waals surface area contributed by atoms with Crippen LogP contribution in [0, 0.1) is 0 Å². The first-order chi connectivity index (χ1) is 10.5. The Morgan fingerprint density at radius 1 is 1.05 bits per heavy atom. The van der Waals surface area contributed by atoms with Gasteiger partial charge in [-0.15, -0.1) is 10.2 Å². The van der Waals surface area contributed by atoms with Crippen LogP contribution in [0.2, 0.25) is 0 Å². The number of hydrogen-bond acceptors (Lipinski definition) is 6. The van der Waals surface area contributed by atoms with Gasteiger partial charge in [-0.2, -0.15) is 13.2 Å². The number of hydrogen-bond donors (Lipinski definition) is 0. The van der Waals surface area contributed by atoms with Crippen LogP contribution >= 0.6 is 11.3 Å². The highest BCUT2D eigenvalue weighted by Gasteiger charge is 2.38. The fourth-order valence-electron chi connectivity index (χ4n) is 2.44. The van der Waals surface area contributed by atoms with Crippen molar-refractivity contribution in [2.75, 3.05) is 18.0 Å². The van der Waals surface area contributed by atoms with E-state index in [4.69, 9.17) is 0 Å². The zero-order valence-corrected chi connectivity index (χ0v) is 12.2. The van der Waals surface area contributed by atoms with Gasteiger partial charge in [0, 0.05) is 25.5 Å². The molecular weight excluding hydrogens is 315 g/mol. The van der Waals surface area contributed by atoms with Crippen LogP contribution in [0.4, 0.5) is 18.3 Å². The second-order valence-electron chi connectivity index (χ2n) is 5.64. The fourth-order valence-corrected chi connectivity index (χ4v) is 3.17. The molecule has 2 aliphatic rings. The number of rotatable bonds is 3. The molecule has 2 aromatic rings. The maximum Gasteiger partial charge on any atom is 0.445 e. The smallest absolute Gasteiger partial charge is 0.345 e. The Morgan fingerprint density at radius 2 is 1.73 bits per heavy atom. The van der Waals surface area contributed by atoms with Gasteiger partial charge in [-0.1, -0.05) is 11.3 Å². The Kier molecular flexibility index (Phi) is 3.07. The average molecular weight is 327 g/mol. The van der Waals surface area contributed by atoms with Crippen molar-refractivity contribution in [1.29, 1.82) is 0 Å². The zero-order chi connectivity index (χ0) is 15.3. The Balaban J connectivity index is 1.40. The topological polar surface area (TPSA) is 54.8 Å². The number of alkyl halides is 3. The zero-order valence-electron chi connectivity index (χ0n) is 11.4. The summed E-state index contributed by atoms with van der Waals surface area (Å²) >= 11 is 0.573.